The summed E-state index contributed by atoms with van der Waals surface area (Å²) in [6, 6.07) is 7.96. The van der Waals surface area contributed by atoms with E-state index in [1.165, 1.54) is 5.56 Å². The van der Waals surface area contributed by atoms with Crippen molar-refractivity contribution in [1.29, 1.82) is 0 Å². The Morgan fingerprint density at radius 3 is 2.69 bits per heavy atom. The minimum atomic E-state index is -0.116. The number of nitrogens with zero attached hydrogens (tertiary/aromatic N) is 2. The Morgan fingerprint density at radius 1 is 1.25 bits per heavy atom. The van der Waals surface area contributed by atoms with Crippen LogP contribution in [0.3, 0.4) is 0 Å². The van der Waals surface area contributed by atoms with Crippen molar-refractivity contribution in [1.82, 2.24) is 15.4 Å². The summed E-state index contributed by atoms with van der Waals surface area (Å²) in [5.74, 6) is 5.59. The molecule has 1 unspecified atom stereocenters. The van der Waals surface area contributed by atoms with E-state index in [1.54, 1.807) is 18.6 Å². The van der Waals surface area contributed by atoms with Gasteiger partial charge < -0.3 is 0 Å². The monoisotopic (exact) mass is 214 g/mol. The van der Waals surface area contributed by atoms with Gasteiger partial charge in [0.2, 0.25) is 0 Å². The molecule has 0 saturated heterocycles. The fourth-order valence-corrected chi connectivity index (χ4v) is 1.70. The highest BCUT2D eigenvalue weighted by Crippen LogP contribution is 2.21. The van der Waals surface area contributed by atoms with E-state index >= 15 is 0 Å². The molecule has 1 atom stereocenters. The summed E-state index contributed by atoms with van der Waals surface area (Å²) in [6.45, 7) is 2.05. The Morgan fingerprint density at radius 2 is 2.06 bits per heavy atom. The van der Waals surface area contributed by atoms with Crippen LogP contribution in [0.5, 0.6) is 0 Å². The molecule has 0 saturated carbocycles. The van der Waals surface area contributed by atoms with Crippen molar-refractivity contribution in [3.05, 3.63) is 59.7 Å². The van der Waals surface area contributed by atoms with Crippen LogP contribution < -0.4 is 11.3 Å². The maximum absolute atomic E-state index is 5.59. The van der Waals surface area contributed by atoms with Crippen LogP contribution in [-0.4, -0.2) is 9.97 Å². The number of aryl methyl sites for hydroxylation is 1. The zero-order valence-corrected chi connectivity index (χ0v) is 9.09. The van der Waals surface area contributed by atoms with Gasteiger partial charge in [-0.2, -0.15) is 0 Å². The lowest BCUT2D eigenvalue weighted by Crippen LogP contribution is -2.30. The number of rotatable bonds is 3. The average molecular weight is 214 g/mol. The van der Waals surface area contributed by atoms with Crippen molar-refractivity contribution < 1.29 is 0 Å². The maximum atomic E-state index is 5.59. The lowest BCUT2D eigenvalue weighted by atomic mass is 10.00. The van der Waals surface area contributed by atoms with E-state index in [-0.39, 0.29) is 6.04 Å². The van der Waals surface area contributed by atoms with Gasteiger partial charge in [0.1, 0.15) is 0 Å². The fourth-order valence-electron chi connectivity index (χ4n) is 1.70. The van der Waals surface area contributed by atoms with Crippen LogP contribution in [0.1, 0.15) is 22.9 Å². The Labute approximate surface area is 94.5 Å². The molecule has 3 N–H and O–H groups in total. The minimum Gasteiger partial charge on any atom is -0.271 e. The van der Waals surface area contributed by atoms with Crippen molar-refractivity contribution in [2.75, 3.05) is 0 Å². The third kappa shape index (κ3) is 2.08. The second-order valence-corrected chi connectivity index (χ2v) is 3.59. The molecule has 0 aliphatic heterocycles. The third-order valence-electron chi connectivity index (χ3n) is 2.55. The Kier molecular flexibility index (Phi) is 3.24. The summed E-state index contributed by atoms with van der Waals surface area (Å²) in [7, 11) is 0. The molecule has 0 radical (unpaired) electrons. The van der Waals surface area contributed by atoms with Crippen LogP contribution in [0, 0.1) is 6.92 Å². The molecule has 1 aromatic carbocycles. The van der Waals surface area contributed by atoms with Crippen molar-refractivity contribution in [2.45, 2.75) is 13.0 Å². The van der Waals surface area contributed by atoms with Gasteiger partial charge in [0.15, 0.2) is 0 Å². The number of hydrogen-bond acceptors (Lipinski definition) is 4. The number of nitrogens with one attached hydrogen (secondary N) is 1. The summed E-state index contributed by atoms with van der Waals surface area (Å²) in [5, 5.41) is 0. The van der Waals surface area contributed by atoms with Gasteiger partial charge in [-0.25, -0.2) is 5.43 Å². The lowest BCUT2D eigenvalue weighted by molar-refractivity contribution is 0.615. The Balaban J connectivity index is 2.41. The quantitative estimate of drug-likeness (QED) is 0.597. The first-order valence-corrected chi connectivity index (χ1v) is 5.10. The van der Waals surface area contributed by atoms with E-state index in [9.17, 15) is 0 Å². The fraction of sp³-hybridized carbons (Fsp3) is 0.167. The molecule has 4 heteroatoms. The first-order chi connectivity index (χ1) is 7.83. The molecule has 0 bridgehead atoms. The number of aromatic nitrogens is 2. The molecule has 4 nitrogen and oxygen atoms in total. The largest absolute Gasteiger partial charge is 0.271 e. The van der Waals surface area contributed by atoms with Crippen LogP contribution in [0.4, 0.5) is 0 Å². The first-order valence-electron chi connectivity index (χ1n) is 5.10. The predicted octanol–water partition coefficient (Wildman–Crippen LogP) is 1.34. The first kappa shape index (κ1) is 10.7. The molecule has 2 rings (SSSR count). The van der Waals surface area contributed by atoms with Gasteiger partial charge in [0.05, 0.1) is 17.9 Å². The normalized spacial score (nSPS) is 12.4. The van der Waals surface area contributed by atoms with E-state index < -0.39 is 0 Å². The summed E-state index contributed by atoms with van der Waals surface area (Å²) in [5.41, 5.74) is 5.88. The van der Waals surface area contributed by atoms with E-state index in [0.717, 1.165) is 11.3 Å². The molecule has 0 aliphatic carbocycles. The topological polar surface area (TPSA) is 63.8 Å². The SMILES string of the molecule is Cc1ccccc1C(NN)c1cnccn1. The van der Waals surface area contributed by atoms with Crippen molar-refractivity contribution >= 4 is 0 Å². The molecule has 82 valence electrons. The van der Waals surface area contributed by atoms with Crippen LogP contribution in [0.2, 0.25) is 0 Å². The summed E-state index contributed by atoms with van der Waals surface area (Å²) in [4.78, 5) is 8.31. The molecule has 0 amide bonds. The van der Waals surface area contributed by atoms with Gasteiger partial charge in [-0.1, -0.05) is 24.3 Å². The highest BCUT2D eigenvalue weighted by Gasteiger charge is 2.15. The Bertz CT molecular complexity index is 456. The van der Waals surface area contributed by atoms with E-state index in [1.807, 2.05) is 18.2 Å². The number of hydrogen-bond donors (Lipinski definition) is 2. The van der Waals surface area contributed by atoms with Crippen LogP contribution in [0.15, 0.2) is 42.9 Å². The number of hydrazine groups is 1. The molecule has 0 aliphatic rings. The molecule has 0 spiro atoms. The van der Waals surface area contributed by atoms with Crippen LogP contribution >= 0.6 is 0 Å². The van der Waals surface area contributed by atoms with Crippen LogP contribution in [0.25, 0.3) is 0 Å². The smallest absolute Gasteiger partial charge is 0.0899 e. The highest BCUT2D eigenvalue weighted by molar-refractivity contribution is 5.33. The van der Waals surface area contributed by atoms with Gasteiger partial charge in [0.25, 0.3) is 0 Å². The second kappa shape index (κ2) is 4.83. The molecule has 1 aromatic heterocycles. The average Bonchev–Trinajstić information content (AvgIpc) is 2.34. The molecular weight excluding hydrogens is 200 g/mol. The standard InChI is InChI=1S/C12H14N4/c1-9-4-2-3-5-10(9)12(16-13)11-8-14-6-7-15-11/h2-8,12,16H,13H2,1H3. The zero-order valence-electron chi connectivity index (χ0n) is 9.09. The van der Waals surface area contributed by atoms with Gasteiger partial charge in [-0.3, -0.25) is 15.8 Å². The number of benzene rings is 1. The van der Waals surface area contributed by atoms with Crippen molar-refractivity contribution in [3.63, 3.8) is 0 Å². The molecule has 0 fully saturated rings. The van der Waals surface area contributed by atoms with E-state index in [2.05, 4.69) is 28.4 Å². The zero-order chi connectivity index (χ0) is 11.4. The predicted molar refractivity (Wildman–Crippen MR) is 62.4 cm³/mol. The Hall–Kier alpha value is -1.78. The summed E-state index contributed by atoms with van der Waals surface area (Å²) in [6.07, 6.45) is 5.03. The maximum Gasteiger partial charge on any atom is 0.0899 e. The van der Waals surface area contributed by atoms with E-state index in [0.29, 0.717) is 0 Å². The van der Waals surface area contributed by atoms with Gasteiger partial charge in [-0.05, 0) is 18.1 Å². The van der Waals surface area contributed by atoms with Gasteiger partial charge >= 0.3 is 0 Å². The van der Waals surface area contributed by atoms with Gasteiger partial charge in [0, 0.05) is 12.4 Å². The van der Waals surface area contributed by atoms with Crippen LogP contribution in [-0.2, 0) is 0 Å². The minimum absolute atomic E-state index is 0.116. The third-order valence-corrected chi connectivity index (χ3v) is 2.55. The highest BCUT2D eigenvalue weighted by atomic mass is 15.2. The molecule has 16 heavy (non-hydrogen) atoms. The summed E-state index contributed by atoms with van der Waals surface area (Å²) >= 11 is 0. The number of nitrogens with two attached hydrogens (primary N) is 1. The summed E-state index contributed by atoms with van der Waals surface area (Å²) < 4.78 is 0. The molecular formula is C12H14N4. The second-order valence-electron chi connectivity index (χ2n) is 3.59. The van der Waals surface area contributed by atoms with Crippen molar-refractivity contribution in [3.8, 4) is 0 Å². The van der Waals surface area contributed by atoms with E-state index in [4.69, 9.17) is 5.84 Å². The van der Waals surface area contributed by atoms with Crippen molar-refractivity contribution in [2.24, 2.45) is 5.84 Å². The molecule has 1 heterocycles. The lowest BCUT2D eigenvalue weighted by Gasteiger charge is -2.17. The van der Waals surface area contributed by atoms with Gasteiger partial charge in [-0.15, -0.1) is 0 Å². The molecule has 2 aromatic rings.